The van der Waals surface area contributed by atoms with Crippen molar-refractivity contribution < 1.29 is 4.74 Å². The molecule has 0 bridgehead atoms. The number of hydrogen-bond acceptors (Lipinski definition) is 3. The molecule has 0 atom stereocenters. The third-order valence-corrected chi connectivity index (χ3v) is 4.27. The number of aromatic nitrogens is 1. The van der Waals surface area contributed by atoms with Crippen molar-refractivity contribution in [2.45, 2.75) is 78.0 Å². The van der Waals surface area contributed by atoms with Crippen LogP contribution in [0.2, 0.25) is 0 Å². The van der Waals surface area contributed by atoms with Crippen LogP contribution in [-0.2, 0) is 6.54 Å². The fourth-order valence-corrected chi connectivity index (χ4v) is 2.79. The molecule has 3 nitrogen and oxygen atoms in total. The van der Waals surface area contributed by atoms with Crippen molar-refractivity contribution >= 4 is 0 Å². The summed E-state index contributed by atoms with van der Waals surface area (Å²) < 4.78 is 6.07. The first kappa shape index (κ1) is 16.3. The van der Waals surface area contributed by atoms with Crippen LogP contribution in [0.4, 0.5) is 0 Å². The van der Waals surface area contributed by atoms with Gasteiger partial charge in [0.05, 0.1) is 18.0 Å². The SMILES string of the molecule is CCC1CCC(Oc2ccc(CNC(C)(C)C)nc2)CC1. The maximum Gasteiger partial charge on any atom is 0.138 e. The van der Waals surface area contributed by atoms with E-state index >= 15 is 0 Å². The topological polar surface area (TPSA) is 34.1 Å². The Bertz CT molecular complexity index is 414. The van der Waals surface area contributed by atoms with Gasteiger partial charge >= 0.3 is 0 Å². The summed E-state index contributed by atoms with van der Waals surface area (Å²) in [5.41, 5.74) is 1.18. The quantitative estimate of drug-likeness (QED) is 0.877. The highest BCUT2D eigenvalue weighted by Crippen LogP contribution is 2.29. The number of pyridine rings is 1. The molecule has 3 heteroatoms. The van der Waals surface area contributed by atoms with Crippen LogP contribution in [-0.4, -0.2) is 16.6 Å². The largest absolute Gasteiger partial charge is 0.489 e. The first-order valence-corrected chi connectivity index (χ1v) is 8.33. The van der Waals surface area contributed by atoms with Crippen LogP contribution in [0.5, 0.6) is 5.75 Å². The summed E-state index contributed by atoms with van der Waals surface area (Å²) in [5, 5.41) is 3.45. The monoisotopic (exact) mass is 290 g/mol. The molecule has 0 spiro atoms. The number of rotatable bonds is 5. The Morgan fingerprint density at radius 3 is 2.43 bits per heavy atom. The van der Waals surface area contributed by atoms with E-state index in [2.05, 4.69) is 50.1 Å². The molecule has 0 aromatic carbocycles. The summed E-state index contributed by atoms with van der Waals surface area (Å²) in [7, 11) is 0. The van der Waals surface area contributed by atoms with Crippen molar-refractivity contribution in [2.24, 2.45) is 5.92 Å². The minimum Gasteiger partial charge on any atom is -0.489 e. The van der Waals surface area contributed by atoms with Crippen molar-refractivity contribution in [3.8, 4) is 5.75 Å². The molecule has 1 aromatic rings. The van der Waals surface area contributed by atoms with Crippen molar-refractivity contribution in [2.75, 3.05) is 0 Å². The van der Waals surface area contributed by atoms with Crippen LogP contribution in [0.1, 0.15) is 65.5 Å². The molecule has 0 aliphatic heterocycles. The summed E-state index contributed by atoms with van der Waals surface area (Å²) in [6, 6.07) is 4.12. The van der Waals surface area contributed by atoms with Gasteiger partial charge in [-0.3, -0.25) is 4.98 Å². The number of ether oxygens (including phenoxy) is 1. The van der Waals surface area contributed by atoms with Gasteiger partial charge in [0.25, 0.3) is 0 Å². The van der Waals surface area contributed by atoms with Crippen LogP contribution < -0.4 is 10.1 Å². The molecule has 1 aromatic heterocycles. The van der Waals surface area contributed by atoms with Crippen molar-refractivity contribution in [1.29, 1.82) is 0 Å². The number of hydrogen-bond donors (Lipinski definition) is 1. The average Bonchev–Trinajstić information content (AvgIpc) is 2.46. The molecule has 0 amide bonds. The maximum absolute atomic E-state index is 6.07. The highest BCUT2D eigenvalue weighted by atomic mass is 16.5. The molecule has 1 heterocycles. The van der Waals surface area contributed by atoms with E-state index in [4.69, 9.17) is 4.74 Å². The van der Waals surface area contributed by atoms with Crippen LogP contribution >= 0.6 is 0 Å². The predicted molar refractivity (Wildman–Crippen MR) is 87.5 cm³/mol. The lowest BCUT2D eigenvalue weighted by Crippen LogP contribution is -2.35. The first-order chi connectivity index (χ1) is 9.96. The average molecular weight is 290 g/mol. The zero-order chi connectivity index (χ0) is 15.3. The molecule has 21 heavy (non-hydrogen) atoms. The molecular formula is C18H30N2O. The van der Waals surface area contributed by atoms with Gasteiger partial charge in [-0.2, -0.15) is 0 Å². The lowest BCUT2D eigenvalue weighted by atomic mass is 9.86. The van der Waals surface area contributed by atoms with Gasteiger partial charge in [0.1, 0.15) is 5.75 Å². The Balaban J connectivity index is 1.80. The second kappa shape index (κ2) is 7.26. The highest BCUT2D eigenvalue weighted by molar-refractivity contribution is 5.20. The minimum absolute atomic E-state index is 0.120. The standard InChI is InChI=1S/C18H30N2O/c1-5-14-6-9-16(10-7-14)21-17-11-8-15(19-13-17)12-20-18(2,3)4/h8,11,13-14,16,20H,5-7,9-10,12H2,1-4H3. The second-order valence-corrected chi connectivity index (χ2v) is 7.26. The molecular weight excluding hydrogens is 260 g/mol. The lowest BCUT2D eigenvalue weighted by molar-refractivity contribution is 0.129. The van der Waals surface area contributed by atoms with Crippen LogP contribution in [0.15, 0.2) is 18.3 Å². The zero-order valence-corrected chi connectivity index (χ0v) is 14.0. The summed E-state index contributed by atoms with van der Waals surface area (Å²) >= 11 is 0. The van der Waals surface area contributed by atoms with E-state index in [-0.39, 0.29) is 5.54 Å². The molecule has 1 saturated carbocycles. The second-order valence-electron chi connectivity index (χ2n) is 7.26. The highest BCUT2D eigenvalue weighted by Gasteiger charge is 2.21. The molecule has 0 unspecified atom stereocenters. The summed E-state index contributed by atoms with van der Waals surface area (Å²) in [4.78, 5) is 4.49. The first-order valence-electron chi connectivity index (χ1n) is 8.33. The van der Waals surface area contributed by atoms with Crippen LogP contribution in [0.3, 0.4) is 0 Å². The van der Waals surface area contributed by atoms with Crippen LogP contribution in [0, 0.1) is 5.92 Å². The Morgan fingerprint density at radius 1 is 1.19 bits per heavy atom. The Labute approximate surface area is 129 Å². The van der Waals surface area contributed by atoms with Crippen molar-refractivity contribution in [3.63, 3.8) is 0 Å². The van der Waals surface area contributed by atoms with Gasteiger partial charge in [-0.05, 0) is 64.5 Å². The van der Waals surface area contributed by atoms with E-state index in [0.717, 1.165) is 23.9 Å². The minimum atomic E-state index is 0.120. The maximum atomic E-state index is 6.07. The van der Waals surface area contributed by atoms with E-state index in [1.807, 2.05) is 6.20 Å². The summed E-state index contributed by atoms with van der Waals surface area (Å²) in [6.07, 6.45) is 8.55. The summed E-state index contributed by atoms with van der Waals surface area (Å²) in [5.74, 6) is 1.82. The smallest absolute Gasteiger partial charge is 0.138 e. The summed E-state index contributed by atoms with van der Waals surface area (Å²) in [6.45, 7) is 9.58. The molecule has 1 fully saturated rings. The van der Waals surface area contributed by atoms with E-state index in [1.165, 1.54) is 32.1 Å². The van der Waals surface area contributed by atoms with Gasteiger partial charge in [-0.25, -0.2) is 0 Å². The van der Waals surface area contributed by atoms with Gasteiger partial charge in [-0.1, -0.05) is 13.3 Å². The van der Waals surface area contributed by atoms with Gasteiger partial charge in [0.15, 0.2) is 0 Å². The van der Waals surface area contributed by atoms with Crippen molar-refractivity contribution in [1.82, 2.24) is 10.3 Å². The van der Waals surface area contributed by atoms with Gasteiger partial charge in [-0.15, -0.1) is 0 Å². The molecule has 2 rings (SSSR count). The fourth-order valence-electron chi connectivity index (χ4n) is 2.79. The lowest BCUT2D eigenvalue weighted by Gasteiger charge is -2.28. The predicted octanol–water partition coefficient (Wildman–Crippen LogP) is 4.32. The number of nitrogens with zero attached hydrogens (tertiary/aromatic N) is 1. The number of nitrogens with one attached hydrogen (secondary N) is 1. The molecule has 1 aliphatic carbocycles. The fraction of sp³-hybridized carbons (Fsp3) is 0.722. The van der Waals surface area contributed by atoms with Gasteiger partial charge in [0.2, 0.25) is 0 Å². The van der Waals surface area contributed by atoms with Gasteiger partial charge < -0.3 is 10.1 Å². The third-order valence-electron chi connectivity index (χ3n) is 4.27. The molecule has 1 aliphatic rings. The zero-order valence-electron chi connectivity index (χ0n) is 14.0. The van der Waals surface area contributed by atoms with E-state index in [9.17, 15) is 0 Å². The Kier molecular flexibility index (Phi) is 5.63. The van der Waals surface area contributed by atoms with Crippen molar-refractivity contribution in [3.05, 3.63) is 24.0 Å². The molecule has 0 saturated heterocycles. The van der Waals surface area contributed by atoms with E-state index < -0.39 is 0 Å². The molecule has 118 valence electrons. The molecule has 1 N–H and O–H groups in total. The van der Waals surface area contributed by atoms with E-state index in [1.54, 1.807) is 0 Å². The normalized spacial score (nSPS) is 23.0. The Morgan fingerprint density at radius 2 is 1.90 bits per heavy atom. The third kappa shape index (κ3) is 5.66. The Hall–Kier alpha value is -1.09. The molecule has 0 radical (unpaired) electrons. The van der Waals surface area contributed by atoms with Crippen LogP contribution in [0.25, 0.3) is 0 Å². The van der Waals surface area contributed by atoms with Gasteiger partial charge in [0, 0.05) is 12.1 Å². The van der Waals surface area contributed by atoms with E-state index in [0.29, 0.717) is 6.10 Å².